The maximum absolute atomic E-state index is 12.4. The van der Waals surface area contributed by atoms with Gasteiger partial charge in [-0.15, -0.1) is 0 Å². The molecule has 0 aliphatic heterocycles. The van der Waals surface area contributed by atoms with Gasteiger partial charge in [-0.25, -0.2) is 4.79 Å². The fourth-order valence-electron chi connectivity index (χ4n) is 2.26. The molecule has 0 heterocycles. The molecule has 0 aliphatic carbocycles. The van der Waals surface area contributed by atoms with Gasteiger partial charge in [-0.05, 0) is 64.6 Å². The number of hydrogen-bond acceptors (Lipinski definition) is 5. The molecular weight excluding hydrogens is 463 g/mol. The molecule has 2 aromatic rings. The van der Waals surface area contributed by atoms with Crippen molar-refractivity contribution >= 4 is 46.2 Å². The second-order valence-corrected chi connectivity index (χ2v) is 6.41. The topological polar surface area (TPSA) is 109 Å². The minimum Gasteiger partial charge on any atom is -0.493 e. The summed E-state index contributed by atoms with van der Waals surface area (Å²) in [5.74, 6) is -0.724. The summed E-state index contributed by atoms with van der Waals surface area (Å²) < 4.78 is 11.3. The molecule has 27 heavy (non-hydrogen) atoms. The number of amides is 1. The summed E-state index contributed by atoms with van der Waals surface area (Å²) in [5, 5.41) is 20.9. The highest BCUT2D eigenvalue weighted by atomic mass is 127. The van der Waals surface area contributed by atoms with E-state index < -0.39 is 11.9 Å². The molecule has 2 rings (SSSR count). The number of carbonyl (C=O) groups excluding carboxylic acids is 1. The van der Waals surface area contributed by atoms with Crippen molar-refractivity contribution in [3.8, 4) is 17.6 Å². The van der Waals surface area contributed by atoms with Gasteiger partial charge in [0.05, 0.1) is 23.4 Å². The van der Waals surface area contributed by atoms with Gasteiger partial charge in [-0.1, -0.05) is 6.07 Å². The van der Waals surface area contributed by atoms with Crippen LogP contribution in [0.15, 0.2) is 42.0 Å². The third kappa shape index (κ3) is 4.98. The number of methoxy groups -OCH3 is 2. The molecule has 1 amide bonds. The highest BCUT2D eigenvalue weighted by molar-refractivity contribution is 14.1. The van der Waals surface area contributed by atoms with Crippen molar-refractivity contribution in [2.45, 2.75) is 0 Å². The lowest BCUT2D eigenvalue weighted by Gasteiger charge is -2.11. The number of carbonyl (C=O) groups is 2. The molecular formula is C19H15IN2O5. The standard InChI is InChI=1S/C19H15IN2O5/c1-26-16-8-11(7-15(20)17(16)27-2)6-13(10-21)18(23)22-14-5-3-4-12(9-14)19(24)25/h3-9H,1-2H3,(H,22,23)(H,24,25). The molecule has 0 spiro atoms. The van der Waals surface area contributed by atoms with E-state index in [1.54, 1.807) is 18.2 Å². The van der Waals surface area contributed by atoms with Crippen molar-refractivity contribution in [1.82, 2.24) is 0 Å². The van der Waals surface area contributed by atoms with Crippen LogP contribution in [0.4, 0.5) is 5.69 Å². The predicted molar refractivity (Wildman–Crippen MR) is 108 cm³/mol. The molecule has 2 aromatic carbocycles. The lowest BCUT2D eigenvalue weighted by molar-refractivity contribution is -0.112. The number of aromatic carboxylic acids is 1. The van der Waals surface area contributed by atoms with Crippen LogP contribution in [0.25, 0.3) is 6.08 Å². The zero-order chi connectivity index (χ0) is 20.0. The number of hydrogen-bond donors (Lipinski definition) is 2. The molecule has 7 nitrogen and oxygen atoms in total. The number of ether oxygens (including phenoxy) is 2. The van der Waals surface area contributed by atoms with Gasteiger partial charge in [0, 0.05) is 5.69 Å². The minimum atomic E-state index is -1.11. The van der Waals surface area contributed by atoms with Crippen molar-refractivity contribution < 1.29 is 24.2 Å². The first kappa shape index (κ1) is 20.3. The summed E-state index contributed by atoms with van der Waals surface area (Å²) in [6.45, 7) is 0. The molecule has 2 N–H and O–H groups in total. The second kappa shape index (κ2) is 9.05. The van der Waals surface area contributed by atoms with Crippen LogP contribution in [-0.4, -0.2) is 31.2 Å². The van der Waals surface area contributed by atoms with Gasteiger partial charge in [-0.2, -0.15) is 5.26 Å². The van der Waals surface area contributed by atoms with Gasteiger partial charge in [0.1, 0.15) is 11.6 Å². The molecule has 138 valence electrons. The van der Waals surface area contributed by atoms with Crippen molar-refractivity contribution in [3.05, 3.63) is 56.7 Å². The van der Waals surface area contributed by atoms with Gasteiger partial charge < -0.3 is 19.9 Å². The first-order valence-corrected chi connectivity index (χ1v) is 8.65. The summed E-state index contributed by atoms with van der Waals surface area (Å²) in [6, 6.07) is 11.0. The molecule has 0 unspecified atom stereocenters. The molecule has 0 radical (unpaired) electrons. The Kier molecular flexibility index (Phi) is 6.79. The van der Waals surface area contributed by atoms with E-state index in [2.05, 4.69) is 27.9 Å². The van der Waals surface area contributed by atoms with Gasteiger partial charge in [0.25, 0.3) is 5.91 Å². The van der Waals surface area contributed by atoms with E-state index in [0.29, 0.717) is 17.1 Å². The third-order valence-corrected chi connectivity index (χ3v) is 4.30. The normalized spacial score (nSPS) is 10.7. The zero-order valence-corrected chi connectivity index (χ0v) is 16.6. The number of benzene rings is 2. The lowest BCUT2D eigenvalue weighted by Crippen LogP contribution is -2.14. The maximum Gasteiger partial charge on any atom is 0.335 e. The fraction of sp³-hybridized carbons (Fsp3) is 0.105. The first-order chi connectivity index (χ1) is 12.9. The second-order valence-electron chi connectivity index (χ2n) is 5.25. The van der Waals surface area contributed by atoms with E-state index in [9.17, 15) is 14.9 Å². The summed E-state index contributed by atoms with van der Waals surface area (Å²) >= 11 is 2.07. The molecule has 8 heteroatoms. The van der Waals surface area contributed by atoms with Crippen LogP contribution in [0.1, 0.15) is 15.9 Å². The van der Waals surface area contributed by atoms with Crippen molar-refractivity contribution in [2.24, 2.45) is 0 Å². The highest BCUT2D eigenvalue weighted by Crippen LogP contribution is 2.34. The van der Waals surface area contributed by atoms with E-state index in [4.69, 9.17) is 14.6 Å². The van der Waals surface area contributed by atoms with Gasteiger partial charge in [-0.3, -0.25) is 4.79 Å². The minimum absolute atomic E-state index is 0.0322. The lowest BCUT2D eigenvalue weighted by atomic mass is 10.1. The molecule has 0 atom stereocenters. The average molecular weight is 478 g/mol. The molecule has 0 saturated heterocycles. The largest absolute Gasteiger partial charge is 0.493 e. The number of nitriles is 1. The predicted octanol–water partition coefficient (Wildman–Crippen LogP) is 3.55. The van der Waals surface area contributed by atoms with Crippen LogP contribution in [-0.2, 0) is 4.79 Å². The Bertz CT molecular complexity index is 963. The number of carboxylic acid groups (broad SMARTS) is 1. The SMILES string of the molecule is COc1cc(C=C(C#N)C(=O)Nc2cccc(C(=O)O)c2)cc(I)c1OC. The quantitative estimate of drug-likeness (QED) is 0.374. The summed E-state index contributed by atoms with van der Waals surface area (Å²) in [7, 11) is 3.02. The van der Waals surface area contributed by atoms with Crippen LogP contribution in [0.3, 0.4) is 0 Å². The van der Waals surface area contributed by atoms with Crippen LogP contribution in [0, 0.1) is 14.9 Å². The number of nitrogens with zero attached hydrogens (tertiary/aromatic N) is 1. The number of carboxylic acids is 1. The highest BCUT2D eigenvalue weighted by Gasteiger charge is 2.14. The van der Waals surface area contributed by atoms with Gasteiger partial charge in [0.2, 0.25) is 0 Å². The van der Waals surface area contributed by atoms with Crippen molar-refractivity contribution in [3.63, 3.8) is 0 Å². The van der Waals surface area contributed by atoms with E-state index in [-0.39, 0.29) is 16.8 Å². The number of halogens is 1. The molecule has 0 aliphatic rings. The van der Waals surface area contributed by atoms with E-state index in [1.165, 1.54) is 38.5 Å². The average Bonchev–Trinajstić information content (AvgIpc) is 2.65. The van der Waals surface area contributed by atoms with Crippen LogP contribution in [0.2, 0.25) is 0 Å². The van der Waals surface area contributed by atoms with Crippen LogP contribution < -0.4 is 14.8 Å². The smallest absolute Gasteiger partial charge is 0.335 e. The number of anilines is 1. The van der Waals surface area contributed by atoms with Gasteiger partial charge >= 0.3 is 5.97 Å². The summed E-state index contributed by atoms with van der Waals surface area (Å²) in [6.07, 6.45) is 1.42. The Balaban J connectivity index is 2.32. The molecule has 0 aromatic heterocycles. The Hall–Kier alpha value is -3.06. The Morgan fingerprint density at radius 3 is 2.56 bits per heavy atom. The zero-order valence-electron chi connectivity index (χ0n) is 14.4. The summed E-state index contributed by atoms with van der Waals surface area (Å²) in [4.78, 5) is 23.4. The van der Waals surface area contributed by atoms with Crippen molar-refractivity contribution in [2.75, 3.05) is 19.5 Å². The number of nitrogens with one attached hydrogen (secondary N) is 1. The van der Waals surface area contributed by atoms with Crippen LogP contribution >= 0.6 is 22.6 Å². The molecule has 0 bridgehead atoms. The number of rotatable bonds is 6. The molecule has 0 fully saturated rings. The Morgan fingerprint density at radius 2 is 1.96 bits per heavy atom. The van der Waals surface area contributed by atoms with Gasteiger partial charge in [0.15, 0.2) is 11.5 Å². The van der Waals surface area contributed by atoms with Crippen LogP contribution in [0.5, 0.6) is 11.5 Å². The fourth-order valence-corrected chi connectivity index (χ4v) is 3.11. The van der Waals surface area contributed by atoms with E-state index in [1.807, 2.05) is 6.07 Å². The maximum atomic E-state index is 12.4. The Morgan fingerprint density at radius 1 is 1.22 bits per heavy atom. The van der Waals surface area contributed by atoms with E-state index >= 15 is 0 Å². The summed E-state index contributed by atoms with van der Waals surface area (Å²) in [5.41, 5.74) is 0.759. The monoisotopic (exact) mass is 478 g/mol. The third-order valence-electron chi connectivity index (χ3n) is 3.50. The molecule has 0 saturated carbocycles. The van der Waals surface area contributed by atoms with E-state index in [0.717, 1.165) is 3.57 Å². The van der Waals surface area contributed by atoms with Crippen molar-refractivity contribution in [1.29, 1.82) is 5.26 Å². The first-order valence-electron chi connectivity index (χ1n) is 7.57. The Labute approximate surface area is 169 Å².